The van der Waals surface area contributed by atoms with E-state index in [1.54, 1.807) is 0 Å². The zero-order valence-electron chi connectivity index (χ0n) is 22.0. The molecule has 2 N–H and O–H groups in total. The third-order valence-electron chi connectivity index (χ3n) is 6.73. The second-order valence-electron chi connectivity index (χ2n) is 9.89. The van der Waals surface area contributed by atoms with Crippen LogP contribution in [0.15, 0.2) is 78.9 Å². The van der Waals surface area contributed by atoms with Crippen LogP contribution in [0.2, 0.25) is 0 Å². The molecular weight excluding hydrogens is 480 g/mol. The number of hydrogen-bond donors (Lipinski definition) is 2. The summed E-state index contributed by atoms with van der Waals surface area (Å²) in [6, 6.07) is 24.6. The molecular formula is C31H34N2O5. The highest BCUT2D eigenvalue weighted by Crippen LogP contribution is 2.44. The van der Waals surface area contributed by atoms with Crippen LogP contribution < -0.4 is 10.6 Å². The minimum atomic E-state index is -0.818. The highest BCUT2D eigenvalue weighted by Gasteiger charge is 2.31. The molecule has 38 heavy (non-hydrogen) atoms. The molecule has 0 heterocycles. The Morgan fingerprint density at radius 3 is 1.95 bits per heavy atom. The van der Waals surface area contributed by atoms with E-state index >= 15 is 0 Å². The summed E-state index contributed by atoms with van der Waals surface area (Å²) in [6.45, 7) is 5.23. The first-order chi connectivity index (χ1) is 18.3. The Labute approximate surface area is 223 Å². The number of ether oxygens (including phenoxy) is 2. The summed E-state index contributed by atoms with van der Waals surface area (Å²) in [5, 5.41) is 5.69. The minimum absolute atomic E-state index is 0.0335. The molecule has 3 aromatic carbocycles. The molecule has 3 aromatic rings. The molecule has 1 unspecified atom stereocenters. The first kappa shape index (κ1) is 26.9. The van der Waals surface area contributed by atoms with Gasteiger partial charge in [-0.15, -0.1) is 0 Å². The molecule has 0 bridgehead atoms. The van der Waals surface area contributed by atoms with Gasteiger partial charge < -0.3 is 20.1 Å². The van der Waals surface area contributed by atoms with Crippen LogP contribution in [0.25, 0.3) is 11.1 Å². The lowest BCUT2D eigenvalue weighted by atomic mass is 9.98. The van der Waals surface area contributed by atoms with Crippen LogP contribution in [0.3, 0.4) is 0 Å². The average Bonchev–Trinajstić information content (AvgIpc) is 3.23. The Balaban J connectivity index is 1.39. The van der Waals surface area contributed by atoms with Crippen LogP contribution in [0.5, 0.6) is 0 Å². The van der Waals surface area contributed by atoms with Gasteiger partial charge in [-0.25, -0.2) is 4.79 Å². The van der Waals surface area contributed by atoms with Crippen molar-refractivity contribution in [1.82, 2.24) is 10.6 Å². The van der Waals surface area contributed by atoms with E-state index in [0.29, 0.717) is 6.42 Å². The van der Waals surface area contributed by atoms with Crippen LogP contribution in [0, 0.1) is 5.92 Å². The van der Waals surface area contributed by atoms with E-state index in [0.717, 1.165) is 27.8 Å². The van der Waals surface area contributed by atoms with Gasteiger partial charge in [-0.1, -0.05) is 92.7 Å². The maximum absolute atomic E-state index is 13.2. The molecule has 198 valence electrons. The highest BCUT2D eigenvalue weighted by molar-refractivity contribution is 5.86. The molecule has 7 heteroatoms. The van der Waals surface area contributed by atoms with Gasteiger partial charge in [-0.2, -0.15) is 0 Å². The van der Waals surface area contributed by atoms with Gasteiger partial charge >= 0.3 is 12.1 Å². The number of esters is 1. The monoisotopic (exact) mass is 514 g/mol. The maximum atomic E-state index is 13.2. The lowest BCUT2D eigenvalue weighted by Crippen LogP contribution is -2.53. The molecule has 1 aliphatic carbocycles. The number of carbonyl (C=O) groups excluding carboxylic acids is 3. The van der Waals surface area contributed by atoms with Crippen LogP contribution in [-0.4, -0.2) is 43.3 Å². The summed E-state index contributed by atoms with van der Waals surface area (Å²) in [5.41, 5.74) is 5.53. The van der Waals surface area contributed by atoms with Crippen molar-refractivity contribution in [3.63, 3.8) is 0 Å². The van der Waals surface area contributed by atoms with Crippen molar-refractivity contribution in [2.24, 2.45) is 5.92 Å². The van der Waals surface area contributed by atoms with E-state index in [4.69, 9.17) is 9.47 Å². The van der Waals surface area contributed by atoms with E-state index in [9.17, 15) is 14.4 Å². The van der Waals surface area contributed by atoms with Crippen molar-refractivity contribution in [3.8, 4) is 11.1 Å². The zero-order chi connectivity index (χ0) is 27.1. The van der Waals surface area contributed by atoms with Crippen LogP contribution >= 0.6 is 0 Å². The second-order valence-corrected chi connectivity index (χ2v) is 9.89. The van der Waals surface area contributed by atoms with Gasteiger partial charge in [0.25, 0.3) is 0 Å². The van der Waals surface area contributed by atoms with E-state index < -0.39 is 24.1 Å². The van der Waals surface area contributed by atoms with Crippen molar-refractivity contribution in [1.29, 1.82) is 0 Å². The van der Waals surface area contributed by atoms with Gasteiger partial charge in [-0.3, -0.25) is 9.59 Å². The SMILES string of the molecule is CC(=O)OCC(Cc1ccccc1)NC(=O)[C@@H](NC(=O)OCC1c2ccccc2-c2ccccc21)C(C)C. The molecule has 0 aliphatic heterocycles. The molecule has 0 aromatic heterocycles. The summed E-state index contributed by atoms with van der Waals surface area (Å²) in [7, 11) is 0. The van der Waals surface area contributed by atoms with E-state index in [-0.39, 0.29) is 31.0 Å². The maximum Gasteiger partial charge on any atom is 0.407 e. The number of nitrogens with one attached hydrogen (secondary N) is 2. The van der Waals surface area contributed by atoms with Gasteiger partial charge in [0.15, 0.2) is 0 Å². The second kappa shape index (κ2) is 12.4. The normalized spacial score (nSPS) is 13.7. The largest absolute Gasteiger partial charge is 0.464 e. The number of alkyl carbamates (subject to hydrolysis) is 1. The predicted octanol–water partition coefficient (Wildman–Crippen LogP) is 4.84. The Bertz CT molecular complexity index is 1230. The molecule has 0 saturated heterocycles. The van der Waals surface area contributed by atoms with Crippen molar-refractivity contribution in [3.05, 3.63) is 95.6 Å². The first-order valence-corrected chi connectivity index (χ1v) is 12.9. The summed E-state index contributed by atoms with van der Waals surface area (Å²) in [4.78, 5) is 37.5. The lowest BCUT2D eigenvalue weighted by molar-refractivity contribution is -0.142. The van der Waals surface area contributed by atoms with Gasteiger partial charge in [0.1, 0.15) is 19.3 Å². The Kier molecular flexibility index (Phi) is 8.79. The standard InChI is InChI=1S/C31H34N2O5/c1-20(2)29(30(35)32-23(18-37-21(3)34)17-22-11-5-4-6-12-22)33-31(36)38-19-28-26-15-9-7-13-24(26)25-14-8-10-16-27(25)28/h4-16,20,23,28-29H,17-19H2,1-3H3,(H,32,35)(H,33,36)/t23?,29-/m0/s1. The smallest absolute Gasteiger partial charge is 0.407 e. The fourth-order valence-corrected chi connectivity index (χ4v) is 4.86. The van der Waals surface area contributed by atoms with Gasteiger partial charge in [-0.05, 0) is 40.2 Å². The van der Waals surface area contributed by atoms with Gasteiger partial charge in [0.2, 0.25) is 5.91 Å². The van der Waals surface area contributed by atoms with Crippen LogP contribution in [-0.2, 0) is 25.5 Å². The summed E-state index contributed by atoms with van der Waals surface area (Å²) in [5.74, 6) is -1.05. The highest BCUT2D eigenvalue weighted by atomic mass is 16.5. The summed E-state index contributed by atoms with van der Waals surface area (Å²) in [6.07, 6.45) is -0.171. The number of amides is 2. The predicted molar refractivity (Wildman–Crippen MR) is 146 cm³/mol. The number of rotatable bonds is 10. The average molecular weight is 515 g/mol. The van der Waals surface area contributed by atoms with Gasteiger partial charge in [0.05, 0.1) is 6.04 Å². The van der Waals surface area contributed by atoms with Crippen molar-refractivity contribution in [2.45, 2.75) is 45.2 Å². The molecule has 0 saturated carbocycles. The summed E-state index contributed by atoms with van der Waals surface area (Å²) < 4.78 is 10.8. The van der Waals surface area contributed by atoms with Crippen LogP contribution in [0.1, 0.15) is 43.4 Å². The topological polar surface area (TPSA) is 93.7 Å². The molecule has 0 fully saturated rings. The third kappa shape index (κ3) is 6.59. The Hall–Kier alpha value is -4.13. The molecule has 0 radical (unpaired) electrons. The van der Waals surface area contributed by atoms with E-state index in [1.807, 2.05) is 68.4 Å². The molecule has 7 nitrogen and oxygen atoms in total. The number of benzene rings is 3. The Morgan fingerprint density at radius 1 is 0.789 bits per heavy atom. The fraction of sp³-hybridized carbons (Fsp3) is 0.323. The lowest BCUT2D eigenvalue weighted by Gasteiger charge is -2.25. The van der Waals surface area contributed by atoms with E-state index in [2.05, 4.69) is 34.9 Å². The zero-order valence-corrected chi connectivity index (χ0v) is 22.0. The minimum Gasteiger partial charge on any atom is -0.464 e. The Morgan fingerprint density at radius 2 is 1.37 bits per heavy atom. The number of carbonyl (C=O) groups is 3. The van der Waals surface area contributed by atoms with Crippen molar-refractivity contribution >= 4 is 18.0 Å². The molecule has 4 rings (SSSR count). The van der Waals surface area contributed by atoms with Crippen molar-refractivity contribution in [2.75, 3.05) is 13.2 Å². The van der Waals surface area contributed by atoms with E-state index in [1.165, 1.54) is 6.92 Å². The third-order valence-corrected chi connectivity index (χ3v) is 6.73. The fourth-order valence-electron chi connectivity index (χ4n) is 4.86. The molecule has 2 atom stereocenters. The molecule has 1 aliphatic rings. The molecule has 0 spiro atoms. The number of hydrogen-bond acceptors (Lipinski definition) is 5. The van der Waals surface area contributed by atoms with Crippen molar-refractivity contribution < 1.29 is 23.9 Å². The quantitative estimate of drug-likeness (QED) is 0.378. The molecule has 2 amide bonds. The number of fused-ring (bicyclic) bond motifs is 3. The summed E-state index contributed by atoms with van der Waals surface area (Å²) >= 11 is 0. The van der Waals surface area contributed by atoms with Gasteiger partial charge in [0, 0.05) is 12.8 Å². The first-order valence-electron chi connectivity index (χ1n) is 12.9. The van der Waals surface area contributed by atoms with Crippen LogP contribution in [0.4, 0.5) is 4.79 Å².